The molecule has 0 radical (unpaired) electrons. The van der Waals surface area contributed by atoms with Crippen LogP contribution in [0.15, 0.2) is 170 Å². The van der Waals surface area contributed by atoms with Crippen molar-refractivity contribution in [1.29, 1.82) is 0 Å². The van der Waals surface area contributed by atoms with Gasteiger partial charge in [-0.2, -0.15) is 0 Å². The van der Waals surface area contributed by atoms with Crippen molar-refractivity contribution in [3.63, 3.8) is 0 Å². The summed E-state index contributed by atoms with van der Waals surface area (Å²) in [7, 11) is 0. The van der Waals surface area contributed by atoms with Gasteiger partial charge in [0, 0.05) is 38.3 Å². The summed E-state index contributed by atoms with van der Waals surface area (Å²) in [5.74, 6) is 0. The molecule has 11 rings (SSSR count). The third kappa shape index (κ3) is 3.93. The van der Waals surface area contributed by atoms with Crippen molar-refractivity contribution in [3.05, 3.63) is 181 Å². The smallest absolute Gasteiger partial charge is 0.0541 e. The van der Waals surface area contributed by atoms with Crippen molar-refractivity contribution >= 4 is 54.4 Å². The van der Waals surface area contributed by atoms with Crippen LogP contribution in [0.25, 0.3) is 88.0 Å². The fourth-order valence-corrected chi connectivity index (χ4v) is 9.20. The van der Waals surface area contributed by atoms with Crippen molar-refractivity contribution in [2.24, 2.45) is 0 Å². The quantitative estimate of drug-likeness (QED) is 0.180. The number of rotatable bonds is 3. The molecule has 0 aliphatic heterocycles. The molecule has 2 aromatic heterocycles. The minimum absolute atomic E-state index is 0.137. The molecule has 2 heteroatoms. The zero-order chi connectivity index (χ0) is 33.8. The molecule has 1 aliphatic carbocycles. The molecule has 51 heavy (non-hydrogen) atoms. The lowest BCUT2D eigenvalue weighted by molar-refractivity contribution is 0.666. The standard InChI is InChI=1S/C49H34N2/c1-49(2)43-29-32(24-25-37(43)42-26-23-31-13-3-4-14-36(31)48(42)49)33-27-34(50-44-19-9-5-15-38(44)39-16-6-10-20-45(39)50)30-35(28-33)51-46-21-11-7-17-40(46)41-18-8-12-22-47(41)51/h3-30H,1-2H3. The first-order chi connectivity index (χ1) is 25.1. The summed E-state index contributed by atoms with van der Waals surface area (Å²) in [4.78, 5) is 0. The molecular weight excluding hydrogens is 617 g/mol. The van der Waals surface area contributed by atoms with Crippen LogP contribution in [0.3, 0.4) is 0 Å². The first kappa shape index (κ1) is 28.5. The van der Waals surface area contributed by atoms with E-state index >= 15 is 0 Å². The van der Waals surface area contributed by atoms with E-state index in [1.54, 1.807) is 0 Å². The molecule has 0 amide bonds. The molecule has 240 valence electrons. The summed E-state index contributed by atoms with van der Waals surface area (Å²) < 4.78 is 4.90. The van der Waals surface area contributed by atoms with Gasteiger partial charge >= 0.3 is 0 Å². The SMILES string of the molecule is CC1(C)c2cc(-c3cc(-n4c5ccccc5c5ccccc54)cc(-n4c5ccccc5c5ccccc54)c3)ccc2-c2ccc3ccccc3c21. The maximum atomic E-state index is 2.46. The molecule has 0 N–H and O–H groups in total. The van der Waals surface area contributed by atoms with Gasteiger partial charge in [-0.3, -0.25) is 0 Å². The van der Waals surface area contributed by atoms with Crippen molar-refractivity contribution < 1.29 is 0 Å². The summed E-state index contributed by atoms with van der Waals surface area (Å²) in [6.45, 7) is 4.79. The second-order valence-corrected chi connectivity index (χ2v) is 14.6. The summed E-state index contributed by atoms with van der Waals surface area (Å²) >= 11 is 0. The second-order valence-electron chi connectivity index (χ2n) is 14.6. The van der Waals surface area contributed by atoms with E-state index in [-0.39, 0.29) is 5.41 Å². The lowest BCUT2D eigenvalue weighted by Gasteiger charge is -2.24. The molecule has 2 nitrogen and oxygen atoms in total. The summed E-state index contributed by atoms with van der Waals surface area (Å²) in [5, 5.41) is 7.71. The lowest BCUT2D eigenvalue weighted by atomic mass is 9.79. The van der Waals surface area contributed by atoms with Gasteiger partial charge in [-0.05, 0) is 92.7 Å². The molecule has 0 bridgehead atoms. The number of benzene rings is 8. The van der Waals surface area contributed by atoms with Crippen molar-refractivity contribution in [1.82, 2.24) is 9.13 Å². The highest BCUT2D eigenvalue weighted by molar-refractivity contribution is 6.11. The van der Waals surface area contributed by atoms with Crippen LogP contribution in [0.1, 0.15) is 25.0 Å². The average molecular weight is 651 g/mol. The van der Waals surface area contributed by atoms with Crippen LogP contribution in [0.2, 0.25) is 0 Å². The van der Waals surface area contributed by atoms with Gasteiger partial charge in [0.15, 0.2) is 0 Å². The Morgan fingerprint density at radius 1 is 0.373 bits per heavy atom. The minimum atomic E-state index is -0.137. The number of hydrogen-bond acceptors (Lipinski definition) is 0. The van der Waals surface area contributed by atoms with E-state index in [0.29, 0.717) is 0 Å². The highest BCUT2D eigenvalue weighted by Gasteiger charge is 2.37. The van der Waals surface area contributed by atoms with E-state index in [2.05, 4.69) is 193 Å². The first-order valence-electron chi connectivity index (χ1n) is 17.9. The molecule has 10 aromatic rings. The Hall–Kier alpha value is -6.38. The maximum Gasteiger partial charge on any atom is 0.0541 e. The summed E-state index contributed by atoms with van der Waals surface area (Å²) in [6.07, 6.45) is 0. The highest BCUT2D eigenvalue weighted by Crippen LogP contribution is 2.52. The van der Waals surface area contributed by atoms with Crippen molar-refractivity contribution in [3.8, 4) is 33.6 Å². The predicted molar refractivity (Wildman–Crippen MR) is 216 cm³/mol. The molecular formula is C49H34N2. The molecule has 0 saturated carbocycles. The Kier molecular flexibility index (Phi) is 5.76. The predicted octanol–water partition coefficient (Wildman–Crippen LogP) is 13.0. The third-order valence-electron chi connectivity index (χ3n) is 11.4. The Labute approximate surface area is 296 Å². The second kappa shape index (κ2) is 10.3. The van der Waals surface area contributed by atoms with E-state index in [4.69, 9.17) is 0 Å². The highest BCUT2D eigenvalue weighted by atomic mass is 15.0. The van der Waals surface area contributed by atoms with Gasteiger partial charge in [0.25, 0.3) is 0 Å². The van der Waals surface area contributed by atoms with Crippen LogP contribution in [0.5, 0.6) is 0 Å². The van der Waals surface area contributed by atoms with E-state index in [0.717, 1.165) is 11.4 Å². The van der Waals surface area contributed by atoms with Gasteiger partial charge in [-0.25, -0.2) is 0 Å². The van der Waals surface area contributed by atoms with Gasteiger partial charge in [-0.1, -0.05) is 135 Å². The third-order valence-corrected chi connectivity index (χ3v) is 11.4. The summed E-state index contributed by atoms with van der Waals surface area (Å²) in [5.41, 5.74) is 14.9. The van der Waals surface area contributed by atoms with E-state index in [1.807, 2.05) is 0 Å². The minimum Gasteiger partial charge on any atom is -0.309 e. The van der Waals surface area contributed by atoms with Gasteiger partial charge < -0.3 is 9.13 Å². The number of fused-ring (bicyclic) bond motifs is 11. The number of nitrogens with zero attached hydrogens (tertiary/aromatic N) is 2. The normalized spacial score (nSPS) is 13.5. The monoisotopic (exact) mass is 650 g/mol. The van der Waals surface area contributed by atoms with Crippen molar-refractivity contribution in [2.45, 2.75) is 19.3 Å². The molecule has 0 unspecified atom stereocenters. The zero-order valence-electron chi connectivity index (χ0n) is 28.6. The molecule has 0 spiro atoms. The summed E-state index contributed by atoms with van der Waals surface area (Å²) in [6, 6.07) is 62.9. The fraction of sp³-hybridized carbons (Fsp3) is 0.0612. The average Bonchev–Trinajstić information content (AvgIpc) is 3.78. The van der Waals surface area contributed by atoms with Crippen LogP contribution in [-0.4, -0.2) is 9.13 Å². The Morgan fingerprint density at radius 3 is 1.35 bits per heavy atom. The lowest BCUT2D eigenvalue weighted by Crippen LogP contribution is -2.15. The Bertz CT molecular complexity index is 2820. The molecule has 8 aromatic carbocycles. The first-order valence-corrected chi connectivity index (χ1v) is 17.9. The zero-order valence-corrected chi connectivity index (χ0v) is 28.6. The Balaban J connectivity index is 1.20. The maximum absolute atomic E-state index is 2.46. The number of hydrogen-bond donors (Lipinski definition) is 0. The van der Waals surface area contributed by atoms with Crippen LogP contribution < -0.4 is 0 Å². The number of aromatic nitrogens is 2. The number of para-hydroxylation sites is 4. The molecule has 0 fully saturated rings. The van der Waals surface area contributed by atoms with Gasteiger partial charge in [0.05, 0.1) is 22.1 Å². The van der Waals surface area contributed by atoms with Crippen LogP contribution >= 0.6 is 0 Å². The molecule has 2 heterocycles. The van der Waals surface area contributed by atoms with Crippen LogP contribution in [0, 0.1) is 0 Å². The van der Waals surface area contributed by atoms with Crippen LogP contribution in [-0.2, 0) is 5.41 Å². The van der Waals surface area contributed by atoms with Gasteiger partial charge in [0.2, 0.25) is 0 Å². The van der Waals surface area contributed by atoms with Crippen LogP contribution in [0.4, 0.5) is 0 Å². The fourth-order valence-electron chi connectivity index (χ4n) is 9.20. The van der Waals surface area contributed by atoms with Gasteiger partial charge in [-0.15, -0.1) is 0 Å². The van der Waals surface area contributed by atoms with E-state index < -0.39 is 0 Å². The topological polar surface area (TPSA) is 9.86 Å². The molecule has 0 saturated heterocycles. The largest absolute Gasteiger partial charge is 0.309 e. The van der Waals surface area contributed by atoms with E-state index in [1.165, 1.54) is 87.8 Å². The van der Waals surface area contributed by atoms with Gasteiger partial charge in [0.1, 0.15) is 0 Å². The van der Waals surface area contributed by atoms with Crippen molar-refractivity contribution in [2.75, 3.05) is 0 Å². The molecule has 0 atom stereocenters. The van der Waals surface area contributed by atoms with E-state index in [9.17, 15) is 0 Å². The Morgan fingerprint density at radius 2 is 0.824 bits per heavy atom. The molecule has 1 aliphatic rings.